The van der Waals surface area contributed by atoms with Crippen LogP contribution in [0.3, 0.4) is 0 Å². The Morgan fingerprint density at radius 2 is 1.81 bits per heavy atom. The van der Waals surface area contributed by atoms with Crippen molar-refractivity contribution < 1.29 is 4.79 Å². The van der Waals surface area contributed by atoms with E-state index in [9.17, 15) is 4.79 Å². The lowest BCUT2D eigenvalue weighted by molar-refractivity contribution is 0.0612. The molecule has 0 saturated carbocycles. The number of hydrogen-bond donors (Lipinski definition) is 0. The molecule has 2 aromatic carbocycles. The molecule has 0 aliphatic carbocycles. The third-order valence-corrected chi connectivity index (χ3v) is 5.96. The van der Waals surface area contributed by atoms with Crippen molar-refractivity contribution in [2.75, 3.05) is 0 Å². The molecule has 31 heavy (non-hydrogen) atoms. The fourth-order valence-electron chi connectivity index (χ4n) is 3.90. The van der Waals surface area contributed by atoms with E-state index in [1.807, 2.05) is 19.9 Å². The van der Waals surface area contributed by atoms with Gasteiger partial charge in [0, 0.05) is 22.7 Å². The monoisotopic (exact) mass is 454 g/mol. The number of rotatable bonds is 4. The maximum absolute atomic E-state index is 13.3. The normalized spacial score (nSPS) is 15.3. The van der Waals surface area contributed by atoms with Gasteiger partial charge in [0.15, 0.2) is 0 Å². The number of hydrogen-bond acceptors (Lipinski definition) is 3. The quantitative estimate of drug-likeness (QED) is 0.493. The Morgan fingerprint density at radius 1 is 1.10 bits per heavy atom. The molecule has 0 spiro atoms. The second-order valence-corrected chi connectivity index (χ2v) is 9.54. The molecule has 5 nitrogen and oxygen atoms in total. The van der Waals surface area contributed by atoms with Crippen LogP contribution < -0.4 is 0 Å². The highest BCUT2D eigenvalue weighted by Gasteiger charge is 2.39. The summed E-state index contributed by atoms with van der Waals surface area (Å²) >= 11 is 12.2. The van der Waals surface area contributed by atoms with Crippen molar-refractivity contribution >= 4 is 34.8 Å². The first-order valence-corrected chi connectivity index (χ1v) is 10.8. The number of carbonyl (C=O) groups is 1. The van der Waals surface area contributed by atoms with Crippen LogP contribution in [-0.4, -0.2) is 31.9 Å². The van der Waals surface area contributed by atoms with E-state index in [-0.39, 0.29) is 5.91 Å². The molecule has 0 unspecified atom stereocenters. The van der Waals surface area contributed by atoms with E-state index in [1.165, 1.54) is 11.1 Å². The SMILES string of the molecule is Cc1cc(C)cc(C2=NN(C(=O)c3cnn(Cc4ccc(Cl)cc4Cl)c3)C(C)(C)C2)c1. The Bertz CT molecular complexity index is 1180. The maximum Gasteiger partial charge on any atom is 0.277 e. The lowest BCUT2D eigenvalue weighted by atomic mass is 9.93. The number of nitrogens with zero attached hydrogens (tertiary/aromatic N) is 4. The van der Waals surface area contributed by atoms with Gasteiger partial charge in [-0.1, -0.05) is 58.6 Å². The molecule has 7 heteroatoms. The van der Waals surface area contributed by atoms with Gasteiger partial charge in [-0.3, -0.25) is 9.48 Å². The topological polar surface area (TPSA) is 50.5 Å². The Hall–Kier alpha value is -2.63. The average molecular weight is 455 g/mol. The van der Waals surface area contributed by atoms with Gasteiger partial charge in [-0.15, -0.1) is 0 Å². The Kier molecular flexibility index (Phi) is 5.67. The van der Waals surface area contributed by atoms with Crippen LogP contribution in [0.1, 0.15) is 52.9 Å². The lowest BCUT2D eigenvalue weighted by Crippen LogP contribution is -2.40. The van der Waals surface area contributed by atoms with E-state index in [0.717, 1.165) is 16.8 Å². The molecule has 0 bridgehead atoms. The summed E-state index contributed by atoms with van der Waals surface area (Å²) in [7, 11) is 0. The maximum atomic E-state index is 13.3. The highest BCUT2D eigenvalue weighted by Crippen LogP contribution is 2.31. The zero-order chi connectivity index (χ0) is 22.3. The van der Waals surface area contributed by atoms with Crippen LogP contribution in [0.15, 0.2) is 53.9 Å². The molecule has 0 fully saturated rings. The molecule has 0 atom stereocenters. The summed E-state index contributed by atoms with van der Waals surface area (Å²) < 4.78 is 1.69. The van der Waals surface area contributed by atoms with Crippen molar-refractivity contribution in [3.63, 3.8) is 0 Å². The molecule has 1 aliphatic rings. The molecule has 1 amide bonds. The second-order valence-electron chi connectivity index (χ2n) is 8.69. The molecule has 0 radical (unpaired) electrons. The summed E-state index contributed by atoms with van der Waals surface area (Å²) in [5.41, 5.74) is 5.30. The largest absolute Gasteiger partial charge is 0.277 e. The van der Waals surface area contributed by atoms with Crippen molar-refractivity contribution in [2.45, 2.75) is 46.2 Å². The first-order chi connectivity index (χ1) is 14.6. The molecule has 0 saturated heterocycles. The number of carbonyl (C=O) groups excluding carboxylic acids is 1. The summed E-state index contributed by atoms with van der Waals surface area (Å²) in [5, 5.41) is 11.8. The van der Waals surface area contributed by atoms with Gasteiger partial charge in [-0.05, 0) is 51.0 Å². The van der Waals surface area contributed by atoms with Gasteiger partial charge < -0.3 is 0 Å². The zero-order valence-electron chi connectivity index (χ0n) is 18.0. The number of halogens is 2. The molecule has 1 aliphatic heterocycles. The summed E-state index contributed by atoms with van der Waals surface area (Å²) in [6, 6.07) is 11.7. The summed E-state index contributed by atoms with van der Waals surface area (Å²) in [4.78, 5) is 13.3. The van der Waals surface area contributed by atoms with E-state index in [4.69, 9.17) is 28.3 Å². The Balaban J connectivity index is 1.58. The van der Waals surface area contributed by atoms with Crippen molar-refractivity contribution in [3.8, 4) is 0 Å². The smallest absolute Gasteiger partial charge is 0.267 e. The van der Waals surface area contributed by atoms with Crippen molar-refractivity contribution in [1.29, 1.82) is 0 Å². The predicted octanol–water partition coefficient (Wildman–Crippen LogP) is 5.88. The number of aromatic nitrogens is 2. The van der Waals surface area contributed by atoms with Crippen molar-refractivity contribution in [2.24, 2.45) is 5.10 Å². The first kappa shape index (κ1) is 21.6. The van der Waals surface area contributed by atoms with E-state index in [2.05, 4.69) is 37.1 Å². The number of amides is 1. The number of benzene rings is 2. The van der Waals surface area contributed by atoms with Gasteiger partial charge in [0.05, 0.1) is 29.6 Å². The van der Waals surface area contributed by atoms with Crippen LogP contribution in [0.5, 0.6) is 0 Å². The van der Waals surface area contributed by atoms with Crippen LogP contribution >= 0.6 is 23.2 Å². The van der Waals surface area contributed by atoms with E-state index >= 15 is 0 Å². The van der Waals surface area contributed by atoms with Gasteiger partial charge in [-0.25, -0.2) is 5.01 Å². The van der Waals surface area contributed by atoms with Crippen LogP contribution in [0.2, 0.25) is 10.0 Å². The van der Waals surface area contributed by atoms with Gasteiger partial charge in [-0.2, -0.15) is 10.2 Å². The molecule has 1 aromatic heterocycles. The van der Waals surface area contributed by atoms with Gasteiger partial charge in [0.1, 0.15) is 0 Å². The minimum Gasteiger partial charge on any atom is -0.267 e. The molecule has 4 rings (SSSR count). The lowest BCUT2D eigenvalue weighted by Gasteiger charge is -2.28. The molecular formula is C24H24Cl2N4O. The second kappa shape index (κ2) is 8.13. The molecule has 0 N–H and O–H groups in total. The summed E-state index contributed by atoms with van der Waals surface area (Å²) in [6.07, 6.45) is 4.00. The average Bonchev–Trinajstić information content (AvgIpc) is 3.26. The molecule has 2 heterocycles. The fraction of sp³-hybridized carbons (Fsp3) is 0.292. The van der Waals surface area contributed by atoms with Crippen LogP contribution in [0.4, 0.5) is 0 Å². The molecule has 3 aromatic rings. The third kappa shape index (κ3) is 4.53. The highest BCUT2D eigenvalue weighted by atomic mass is 35.5. The number of aryl methyl sites for hydroxylation is 2. The summed E-state index contributed by atoms with van der Waals surface area (Å²) in [6.45, 7) is 8.65. The van der Waals surface area contributed by atoms with Crippen LogP contribution in [0, 0.1) is 13.8 Å². The van der Waals surface area contributed by atoms with Gasteiger partial charge in [0.2, 0.25) is 0 Å². The van der Waals surface area contributed by atoms with Gasteiger partial charge in [0.25, 0.3) is 5.91 Å². The van der Waals surface area contributed by atoms with E-state index in [0.29, 0.717) is 28.6 Å². The number of hydrazone groups is 1. The highest BCUT2D eigenvalue weighted by molar-refractivity contribution is 6.35. The third-order valence-electron chi connectivity index (χ3n) is 5.37. The molecule has 160 valence electrons. The Labute approximate surface area is 192 Å². The summed E-state index contributed by atoms with van der Waals surface area (Å²) in [5.74, 6) is -0.169. The first-order valence-electron chi connectivity index (χ1n) is 10.1. The van der Waals surface area contributed by atoms with E-state index < -0.39 is 5.54 Å². The van der Waals surface area contributed by atoms with Crippen molar-refractivity contribution in [1.82, 2.24) is 14.8 Å². The van der Waals surface area contributed by atoms with Crippen molar-refractivity contribution in [3.05, 3.63) is 86.7 Å². The minimum atomic E-state index is -0.425. The van der Waals surface area contributed by atoms with Crippen LogP contribution in [-0.2, 0) is 6.54 Å². The standard InChI is InChI=1S/C24H24Cl2N4O/c1-15-7-16(2)9-18(8-15)22-11-24(3,4)30(28-22)23(31)19-12-27-29(14-19)13-17-5-6-20(25)10-21(17)26/h5-10,12,14H,11,13H2,1-4H3. The predicted molar refractivity (Wildman–Crippen MR) is 125 cm³/mol. The molecular weight excluding hydrogens is 431 g/mol. The fourth-order valence-corrected chi connectivity index (χ4v) is 4.37. The zero-order valence-corrected chi connectivity index (χ0v) is 19.5. The van der Waals surface area contributed by atoms with E-state index in [1.54, 1.807) is 34.2 Å². The minimum absolute atomic E-state index is 0.169. The van der Waals surface area contributed by atoms with Gasteiger partial charge >= 0.3 is 0 Å². The Morgan fingerprint density at radius 3 is 2.48 bits per heavy atom. The van der Waals surface area contributed by atoms with Crippen LogP contribution in [0.25, 0.3) is 0 Å².